The van der Waals surface area contributed by atoms with E-state index in [9.17, 15) is 0 Å². The second-order valence-electron chi connectivity index (χ2n) is 4.39. The average Bonchev–Trinajstić information content (AvgIpc) is 2.70. The maximum atomic E-state index is 5.96. The molecule has 1 aromatic heterocycles. The van der Waals surface area contributed by atoms with E-state index in [1.165, 1.54) is 5.56 Å². The van der Waals surface area contributed by atoms with Gasteiger partial charge in [-0.2, -0.15) is 0 Å². The van der Waals surface area contributed by atoms with E-state index < -0.39 is 0 Å². The lowest BCUT2D eigenvalue weighted by Gasteiger charge is -1.97. The molecule has 0 N–H and O–H groups in total. The van der Waals surface area contributed by atoms with Crippen LogP contribution in [-0.2, 0) is 6.42 Å². The molecular formula is C15H12ClNO. The number of benzene rings is 2. The van der Waals surface area contributed by atoms with Gasteiger partial charge in [0.1, 0.15) is 5.52 Å². The summed E-state index contributed by atoms with van der Waals surface area (Å²) in [5.74, 6) is 0.720. The first-order chi connectivity index (χ1) is 8.70. The topological polar surface area (TPSA) is 26.0 Å². The summed E-state index contributed by atoms with van der Waals surface area (Å²) in [5, 5.41) is 0.736. The van der Waals surface area contributed by atoms with E-state index in [1.807, 2.05) is 49.4 Å². The van der Waals surface area contributed by atoms with Crippen molar-refractivity contribution >= 4 is 22.7 Å². The van der Waals surface area contributed by atoms with Crippen LogP contribution in [-0.4, -0.2) is 4.98 Å². The molecule has 0 aliphatic heterocycles. The third kappa shape index (κ3) is 2.24. The van der Waals surface area contributed by atoms with Crippen LogP contribution in [0, 0.1) is 6.92 Å². The number of oxazole rings is 1. The number of aromatic nitrogens is 1. The first-order valence-electron chi connectivity index (χ1n) is 5.81. The maximum absolute atomic E-state index is 5.96. The molecule has 0 unspecified atom stereocenters. The van der Waals surface area contributed by atoms with Crippen molar-refractivity contribution in [2.24, 2.45) is 0 Å². The number of fused-ring (bicyclic) bond motifs is 1. The van der Waals surface area contributed by atoms with Crippen molar-refractivity contribution in [1.82, 2.24) is 4.98 Å². The van der Waals surface area contributed by atoms with E-state index in [0.717, 1.165) is 27.6 Å². The molecule has 0 aliphatic carbocycles. The van der Waals surface area contributed by atoms with Gasteiger partial charge in [-0.05, 0) is 42.3 Å². The van der Waals surface area contributed by atoms with Crippen LogP contribution in [0.5, 0.6) is 0 Å². The zero-order valence-electron chi connectivity index (χ0n) is 9.98. The Bertz CT molecular complexity index is 703. The van der Waals surface area contributed by atoms with Crippen LogP contribution in [0.4, 0.5) is 0 Å². The molecule has 0 radical (unpaired) electrons. The van der Waals surface area contributed by atoms with Gasteiger partial charge in [0.15, 0.2) is 11.5 Å². The largest absolute Gasteiger partial charge is 0.440 e. The quantitative estimate of drug-likeness (QED) is 0.681. The number of halogens is 1. The summed E-state index contributed by atoms with van der Waals surface area (Å²) in [4.78, 5) is 4.47. The number of hydrogen-bond donors (Lipinski definition) is 0. The number of rotatable bonds is 2. The zero-order chi connectivity index (χ0) is 12.5. The predicted octanol–water partition coefficient (Wildman–Crippen LogP) is 4.38. The summed E-state index contributed by atoms with van der Waals surface area (Å²) in [6, 6.07) is 13.8. The lowest BCUT2D eigenvalue weighted by molar-refractivity contribution is 0.544. The molecule has 0 saturated heterocycles. The molecule has 0 atom stereocenters. The van der Waals surface area contributed by atoms with Crippen molar-refractivity contribution < 1.29 is 4.42 Å². The van der Waals surface area contributed by atoms with Crippen LogP contribution in [0.25, 0.3) is 11.1 Å². The van der Waals surface area contributed by atoms with Gasteiger partial charge in [-0.15, -0.1) is 0 Å². The standard InChI is InChI=1S/C15H12ClNO/c1-10-5-6-13-14(7-10)18-15(17-13)9-11-3-2-4-12(16)8-11/h2-8H,9H2,1H3. The fourth-order valence-corrected chi connectivity index (χ4v) is 2.19. The molecule has 90 valence electrons. The van der Waals surface area contributed by atoms with Gasteiger partial charge >= 0.3 is 0 Å². The second kappa shape index (κ2) is 4.46. The van der Waals surface area contributed by atoms with Gasteiger partial charge in [0.2, 0.25) is 0 Å². The lowest BCUT2D eigenvalue weighted by Crippen LogP contribution is -1.87. The van der Waals surface area contributed by atoms with Crippen LogP contribution in [0.3, 0.4) is 0 Å². The minimum absolute atomic E-state index is 0.661. The summed E-state index contributed by atoms with van der Waals surface area (Å²) in [6.45, 7) is 2.04. The minimum atomic E-state index is 0.661. The van der Waals surface area contributed by atoms with Crippen LogP contribution >= 0.6 is 11.6 Å². The summed E-state index contributed by atoms with van der Waals surface area (Å²) in [6.07, 6.45) is 0.661. The van der Waals surface area contributed by atoms with E-state index in [1.54, 1.807) is 0 Å². The first kappa shape index (κ1) is 11.3. The van der Waals surface area contributed by atoms with Crippen LogP contribution in [0.1, 0.15) is 17.0 Å². The Kier molecular flexibility index (Phi) is 2.80. The highest BCUT2D eigenvalue weighted by atomic mass is 35.5. The predicted molar refractivity (Wildman–Crippen MR) is 73.0 cm³/mol. The molecule has 0 bridgehead atoms. The third-order valence-corrected chi connectivity index (χ3v) is 3.07. The summed E-state index contributed by atoms with van der Waals surface area (Å²) in [7, 11) is 0. The summed E-state index contributed by atoms with van der Waals surface area (Å²) >= 11 is 5.96. The van der Waals surface area contributed by atoms with Crippen molar-refractivity contribution in [3.8, 4) is 0 Å². The van der Waals surface area contributed by atoms with Crippen LogP contribution in [0.2, 0.25) is 5.02 Å². The van der Waals surface area contributed by atoms with Gasteiger partial charge in [0.05, 0.1) is 0 Å². The van der Waals surface area contributed by atoms with Crippen molar-refractivity contribution in [3.05, 3.63) is 64.5 Å². The molecular weight excluding hydrogens is 246 g/mol. The number of aryl methyl sites for hydroxylation is 1. The van der Waals surface area contributed by atoms with Gasteiger partial charge in [-0.1, -0.05) is 29.8 Å². The van der Waals surface area contributed by atoms with E-state index in [4.69, 9.17) is 16.0 Å². The Hall–Kier alpha value is -1.80. The molecule has 3 aromatic rings. The number of hydrogen-bond acceptors (Lipinski definition) is 2. The Balaban J connectivity index is 1.95. The fourth-order valence-electron chi connectivity index (χ4n) is 1.98. The van der Waals surface area contributed by atoms with Crippen molar-refractivity contribution in [1.29, 1.82) is 0 Å². The van der Waals surface area contributed by atoms with Crippen LogP contribution < -0.4 is 0 Å². The van der Waals surface area contributed by atoms with Crippen molar-refractivity contribution in [3.63, 3.8) is 0 Å². The molecule has 3 heteroatoms. The highest BCUT2D eigenvalue weighted by Gasteiger charge is 2.06. The minimum Gasteiger partial charge on any atom is -0.440 e. The molecule has 0 amide bonds. The van der Waals surface area contributed by atoms with Crippen molar-refractivity contribution in [2.75, 3.05) is 0 Å². The first-order valence-corrected chi connectivity index (χ1v) is 6.19. The Morgan fingerprint density at radius 1 is 1.17 bits per heavy atom. The highest BCUT2D eigenvalue weighted by molar-refractivity contribution is 6.30. The normalized spacial score (nSPS) is 11.0. The summed E-state index contributed by atoms with van der Waals surface area (Å²) < 4.78 is 5.74. The molecule has 2 nitrogen and oxygen atoms in total. The Labute approximate surface area is 110 Å². The molecule has 0 spiro atoms. The molecule has 0 aliphatic rings. The monoisotopic (exact) mass is 257 g/mol. The van der Waals surface area contributed by atoms with Crippen LogP contribution in [0.15, 0.2) is 46.9 Å². The molecule has 0 fully saturated rings. The lowest BCUT2D eigenvalue weighted by atomic mass is 10.1. The average molecular weight is 258 g/mol. The smallest absolute Gasteiger partial charge is 0.199 e. The van der Waals surface area contributed by atoms with Gasteiger partial charge in [-0.3, -0.25) is 0 Å². The van der Waals surface area contributed by atoms with Gasteiger partial charge in [0.25, 0.3) is 0 Å². The molecule has 1 heterocycles. The van der Waals surface area contributed by atoms with Crippen molar-refractivity contribution in [2.45, 2.75) is 13.3 Å². The summed E-state index contributed by atoms with van der Waals surface area (Å²) in [5.41, 5.74) is 4.02. The molecule has 2 aromatic carbocycles. The Morgan fingerprint density at radius 2 is 2.06 bits per heavy atom. The van der Waals surface area contributed by atoms with Gasteiger partial charge < -0.3 is 4.42 Å². The van der Waals surface area contributed by atoms with E-state index in [-0.39, 0.29) is 0 Å². The number of nitrogens with zero attached hydrogens (tertiary/aromatic N) is 1. The van der Waals surface area contributed by atoms with Gasteiger partial charge in [-0.25, -0.2) is 4.98 Å². The van der Waals surface area contributed by atoms with E-state index in [0.29, 0.717) is 6.42 Å². The molecule has 0 saturated carbocycles. The second-order valence-corrected chi connectivity index (χ2v) is 4.82. The van der Waals surface area contributed by atoms with E-state index >= 15 is 0 Å². The van der Waals surface area contributed by atoms with Gasteiger partial charge in [0, 0.05) is 11.4 Å². The third-order valence-electron chi connectivity index (χ3n) is 2.83. The highest BCUT2D eigenvalue weighted by Crippen LogP contribution is 2.20. The molecule has 18 heavy (non-hydrogen) atoms. The maximum Gasteiger partial charge on any atom is 0.199 e. The SMILES string of the molecule is Cc1ccc2nc(Cc3cccc(Cl)c3)oc2c1. The zero-order valence-corrected chi connectivity index (χ0v) is 10.7. The fraction of sp³-hybridized carbons (Fsp3) is 0.133. The molecule has 3 rings (SSSR count). The van der Waals surface area contributed by atoms with E-state index in [2.05, 4.69) is 4.98 Å². The Morgan fingerprint density at radius 3 is 2.89 bits per heavy atom.